The highest BCUT2D eigenvalue weighted by atomic mass is 35.5. The standard InChI is InChI=1S/C15H13Cl2NS/c1-3-13-14(17)8-12(9-15(13)18-2)19-11-6-4-10(16)5-7-11/h3-9,18H,1H2,2H3. The molecule has 0 amide bonds. The van der Waals surface area contributed by atoms with Crippen molar-refractivity contribution in [3.63, 3.8) is 0 Å². The Morgan fingerprint density at radius 3 is 2.37 bits per heavy atom. The number of benzene rings is 2. The third-order valence-corrected chi connectivity index (χ3v) is 4.17. The number of nitrogens with one attached hydrogen (secondary N) is 1. The summed E-state index contributed by atoms with van der Waals surface area (Å²) in [4.78, 5) is 2.19. The second kappa shape index (κ2) is 6.38. The zero-order valence-electron chi connectivity index (χ0n) is 10.4. The smallest absolute Gasteiger partial charge is 0.0510 e. The van der Waals surface area contributed by atoms with Gasteiger partial charge in [0, 0.05) is 33.1 Å². The minimum absolute atomic E-state index is 0.693. The molecule has 4 heteroatoms. The monoisotopic (exact) mass is 309 g/mol. The Kier molecular flexibility index (Phi) is 4.81. The molecule has 0 aromatic heterocycles. The van der Waals surface area contributed by atoms with Crippen LogP contribution >= 0.6 is 35.0 Å². The molecule has 0 radical (unpaired) electrons. The zero-order chi connectivity index (χ0) is 13.8. The van der Waals surface area contributed by atoms with Crippen molar-refractivity contribution in [2.24, 2.45) is 0 Å². The van der Waals surface area contributed by atoms with Crippen molar-refractivity contribution in [2.75, 3.05) is 12.4 Å². The first-order valence-electron chi connectivity index (χ1n) is 5.71. The Morgan fingerprint density at radius 2 is 1.79 bits per heavy atom. The maximum absolute atomic E-state index is 6.26. The third-order valence-electron chi connectivity index (χ3n) is 2.63. The van der Waals surface area contributed by atoms with Crippen LogP contribution in [0, 0.1) is 0 Å². The van der Waals surface area contributed by atoms with E-state index in [1.54, 1.807) is 17.8 Å². The molecule has 0 saturated heterocycles. The lowest BCUT2D eigenvalue weighted by Gasteiger charge is -2.11. The summed E-state index contributed by atoms with van der Waals surface area (Å²) in [5.41, 5.74) is 1.89. The molecule has 1 N–H and O–H groups in total. The zero-order valence-corrected chi connectivity index (χ0v) is 12.7. The topological polar surface area (TPSA) is 12.0 Å². The molecule has 0 bridgehead atoms. The summed E-state index contributed by atoms with van der Waals surface area (Å²) < 4.78 is 0. The molecule has 2 rings (SSSR count). The molecule has 98 valence electrons. The Morgan fingerprint density at radius 1 is 1.11 bits per heavy atom. The van der Waals surface area contributed by atoms with Gasteiger partial charge in [0.25, 0.3) is 0 Å². The van der Waals surface area contributed by atoms with Crippen LogP contribution < -0.4 is 5.32 Å². The highest BCUT2D eigenvalue weighted by molar-refractivity contribution is 7.99. The summed E-state index contributed by atoms with van der Waals surface area (Å²) in [7, 11) is 1.87. The summed E-state index contributed by atoms with van der Waals surface area (Å²) in [6, 6.07) is 11.7. The van der Waals surface area contributed by atoms with Crippen LogP contribution in [0.25, 0.3) is 6.08 Å². The van der Waals surface area contributed by atoms with E-state index in [4.69, 9.17) is 23.2 Å². The van der Waals surface area contributed by atoms with Gasteiger partial charge in [-0.25, -0.2) is 0 Å². The molecular weight excluding hydrogens is 297 g/mol. The summed E-state index contributed by atoms with van der Waals surface area (Å²) >= 11 is 13.8. The first-order valence-corrected chi connectivity index (χ1v) is 7.28. The second-order valence-corrected chi connectivity index (χ2v) is 5.87. The van der Waals surface area contributed by atoms with Gasteiger partial charge < -0.3 is 5.32 Å². The Hall–Kier alpha value is -1.09. The van der Waals surface area contributed by atoms with Gasteiger partial charge in [-0.05, 0) is 36.4 Å². The molecular formula is C15H13Cl2NS. The quantitative estimate of drug-likeness (QED) is 0.762. The van der Waals surface area contributed by atoms with E-state index in [1.807, 2.05) is 37.4 Å². The molecule has 0 aliphatic rings. The molecule has 2 aromatic carbocycles. The van der Waals surface area contributed by atoms with Crippen molar-refractivity contribution in [3.05, 3.63) is 58.6 Å². The average Bonchev–Trinajstić information content (AvgIpc) is 2.40. The lowest BCUT2D eigenvalue weighted by molar-refractivity contribution is 1.38. The van der Waals surface area contributed by atoms with Gasteiger partial charge in [-0.15, -0.1) is 0 Å². The van der Waals surface area contributed by atoms with Crippen molar-refractivity contribution in [2.45, 2.75) is 9.79 Å². The minimum Gasteiger partial charge on any atom is -0.388 e. The van der Waals surface area contributed by atoms with Crippen LogP contribution in [0.1, 0.15) is 5.56 Å². The van der Waals surface area contributed by atoms with E-state index in [2.05, 4.69) is 18.0 Å². The van der Waals surface area contributed by atoms with Crippen LogP contribution in [0.5, 0.6) is 0 Å². The van der Waals surface area contributed by atoms with Gasteiger partial charge in [0.1, 0.15) is 0 Å². The van der Waals surface area contributed by atoms with Crippen molar-refractivity contribution < 1.29 is 0 Å². The van der Waals surface area contributed by atoms with Crippen LogP contribution in [-0.4, -0.2) is 7.05 Å². The maximum Gasteiger partial charge on any atom is 0.0510 e. The molecule has 0 unspecified atom stereocenters. The van der Waals surface area contributed by atoms with E-state index in [1.165, 1.54) is 0 Å². The van der Waals surface area contributed by atoms with Gasteiger partial charge in [-0.3, -0.25) is 0 Å². The molecule has 0 aliphatic heterocycles. The van der Waals surface area contributed by atoms with E-state index in [-0.39, 0.29) is 0 Å². The van der Waals surface area contributed by atoms with Crippen molar-refractivity contribution >= 4 is 46.7 Å². The van der Waals surface area contributed by atoms with Crippen molar-refractivity contribution in [1.29, 1.82) is 0 Å². The molecule has 0 atom stereocenters. The van der Waals surface area contributed by atoms with Gasteiger partial charge in [0.05, 0.1) is 5.02 Å². The number of anilines is 1. The Bertz CT molecular complexity index is 594. The number of hydrogen-bond donors (Lipinski definition) is 1. The second-order valence-electron chi connectivity index (χ2n) is 3.88. The van der Waals surface area contributed by atoms with Gasteiger partial charge >= 0.3 is 0 Å². The average molecular weight is 310 g/mol. The normalized spacial score (nSPS) is 10.3. The van der Waals surface area contributed by atoms with Crippen LogP contribution in [-0.2, 0) is 0 Å². The largest absolute Gasteiger partial charge is 0.388 e. The van der Waals surface area contributed by atoms with Gasteiger partial charge in [0.15, 0.2) is 0 Å². The molecule has 0 saturated carbocycles. The van der Waals surface area contributed by atoms with Crippen LogP contribution in [0.2, 0.25) is 10.0 Å². The summed E-state index contributed by atoms with van der Waals surface area (Å²) in [5, 5.41) is 4.56. The third kappa shape index (κ3) is 3.47. The van der Waals surface area contributed by atoms with E-state index < -0.39 is 0 Å². The SMILES string of the molecule is C=Cc1c(Cl)cc(Sc2ccc(Cl)cc2)cc1NC. The fraction of sp³-hybridized carbons (Fsp3) is 0.0667. The molecule has 2 aromatic rings. The van der Waals surface area contributed by atoms with Crippen LogP contribution in [0.3, 0.4) is 0 Å². The predicted octanol–water partition coefficient (Wildman–Crippen LogP) is 5.83. The minimum atomic E-state index is 0.693. The molecule has 0 spiro atoms. The summed E-state index contributed by atoms with van der Waals surface area (Å²) in [6.45, 7) is 3.78. The highest BCUT2D eigenvalue weighted by Crippen LogP contribution is 2.35. The summed E-state index contributed by atoms with van der Waals surface area (Å²) in [5.74, 6) is 0. The number of hydrogen-bond acceptors (Lipinski definition) is 2. The predicted molar refractivity (Wildman–Crippen MR) is 86.7 cm³/mol. The highest BCUT2D eigenvalue weighted by Gasteiger charge is 2.07. The molecule has 0 fully saturated rings. The van der Waals surface area contributed by atoms with Crippen LogP contribution in [0.15, 0.2) is 52.8 Å². The van der Waals surface area contributed by atoms with Crippen molar-refractivity contribution in [1.82, 2.24) is 0 Å². The molecule has 19 heavy (non-hydrogen) atoms. The van der Waals surface area contributed by atoms with E-state index in [0.29, 0.717) is 5.02 Å². The van der Waals surface area contributed by atoms with Crippen molar-refractivity contribution in [3.8, 4) is 0 Å². The lowest BCUT2D eigenvalue weighted by atomic mass is 10.2. The Labute approximate surface area is 127 Å². The van der Waals surface area contributed by atoms with Crippen LogP contribution in [0.4, 0.5) is 5.69 Å². The fourth-order valence-corrected chi connectivity index (χ4v) is 3.09. The maximum atomic E-state index is 6.26. The van der Waals surface area contributed by atoms with Gasteiger partial charge in [0.2, 0.25) is 0 Å². The number of halogens is 2. The lowest BCUT2D eigenvalue weighted by Crippen LogP contribution is -1.92. The number of rotatable bonds is 4. The Balaban J connectivity index is 2.33. The fourth-order valence-electron chi connectivity index (χ4n) is 1.70. The molecule has 0 heterocycles. The van der Waals surface area contributed by atoms with E-state index in [0.717, 1.165) is 26.1 Å². The van der Waals surface area contributed by atoms with Gasteiger partial charge in [-0.2, -0.15) is 0 Å². The van der Waals surface area contributed by atoms with E-state index >= 15 is 0 Å². The first kappa shape index (κ1) is 14.3. The summed E-state index contributed by atoms with van der Waals surface area (Å²) in [6.07, 6.45) is 1.75. The molecule has 0 aliphatic carbocycles. The first-order chi connectivity index (χ1) is 9.13. The molecule has 1 nitrogen and oxygen atoms in total. The van der Waals surface area contributed by atoms with Gasteiger partial charge in [-0.1, -0.05) is 47.6 Å². The van der Waals surface area contributed by atoms with E-state index in [9.17, 15) is 0 Å².